The molecule has 1 rings (SSSR count). The predicted molar refractivity (Wildman–Crippen MR) is 73.4 cm³/mol. The van der Waals surface area contributed by atoms with Crippen LogP contribution < -0.4 is 4.74 Å². The number of Topliss-reactive ketones (excluding diaryl/α,β-unsaturated/α-hetero) is 1. The summed E-state index contributed by atoms with van der Waals surface area (Å²) in [5, 5.41) is 0. The van der Waals surface area contributed by atoms with Gasteiger partial charge in [0.1, 0.15) is 11.5 Å². The molecule has 0 atom stereocenters. The number of benzene rings is 1. The molecule has 0 aromatic heterocycles. The molecular formula is C16H20O2. The summed E-state index contributed by atoms with van der Waals surface area (Å²) >= 11 is 0. The van der Waals surface area contributed by atoms with E-state index in [1.807, 2.05) is 51.1 Å². The zero-order chi connectivity index (χ0) is 13.4. The maximum absolute atomic E-state index is 11.5. The van der Waals surface area contributed by atoms with Gasteiger partial charge in [-0.25, -0.2) is 0 Å². The molecule has 18 heavy (non-hydrogen) atoms. The van der Waals surface area contributed by atoms with E-state index in [9.17, 15) is 4.79 Å². The molecule has 1 aromatic rings. The standard InChI is InChI=1S/C16H20O2/c1-16(2,3)12-7-8-14(17)11-13-18-15-9-5-4-6-10-15/h4-6,9-10H,8,11,13H2,1-3H3. The monoisotopic (exact) mass is 244 g/mol. The quantitative estimate of drug-likeness (QED) is 0.741. The first kappa shape index (κ1) is 14.3. The average Bonchev–Trinajstić information content (AvgIpc) is 2.28. The molecule has 0 N–H and O–H groups in total. The van der Waals surface area contributed by atoms with Crippen LogP contribution in [0.2, 0.25) is 0 Å². The van der Waals surface area contributed by atoms with Crippen LogP contribution in [-0.2, 0) is 4.79 Å². The molecule has 0 saturated carbocycles. The van der Waals surface area contributed by atoms with E-state index >= 15 is 0 Å². The maximum Gasteiger partial charge on any atom is 0.148 e. The van der Waals surface area contributed by atoms with Gasteiger partial charge in [0.05, 0.1) is 13.0 Å². The van der Waals surface area contributed by atoms with Crippen molar-refractivity contribution >= 4 is 5.78 Å². The Kier molecular flexibility index (Phi) is 5.45. The summed E-state index contributed by atoms with van der Waals surface area (Å²) in [6.07, 6.45) is 0.725. The number of ether oxygens (including phenoxy) is 1. The van der Waals surface area contributed by atoms with E-state index in [4.69, 9.17) is 4.74 Å². The van der Waals surface area contributed by atoms with Crippen molar-refractivity contribution in [3.05, 3.63) is 30.3 Å². The summed E-state index contributed by atoms with van der Waals surface area (Å²) in [5.74, 6) is 6.89. The van der Waals surface area contributed by atoms with E-state index in [0.29, 0.717) is 19.4 Å². The molecule has 0 bridgehead atoms. The lowest BCUT2D eigenvalue weighted by molar-refractivity contribution is -0.118. The van der Waals surface area contributed by atoms with Crippen molar-refractivity contribution in [2.45, 2.75) is 33.6 Å². The first-order valence-electron chi connectivity index (χ1n) is 6.17. The Hall–Kier alpha value is -1.75. The number of hydrogen-bond acceptors (Lipinski definition) is 2. The van der Waals surface area contributed by atoms with Crippen molar-refractivity contribution in [1.29, 1.82) is 0 Å². The molecule has 0 fully saturated rings. The number of rotatable bonds is 5. The molecule has 0 spiro atoms. The Labute approximate surface area is 109 Å². The molecule has 0 radical (unpaired) electrons. The van der Waals surface area contributed by atoms with Crippen LogP contribution >= 0.6 is 0 Å². The normalized spacial score (nSPS) is 10.4. The molecule has 0 aliphatic rings. The first-order valence-corrected chi connectivity index (χ1v) is 6.17. The zero-order valence-electron chi connectivity index (χ0n) is 11.3. The van der Waals surface area contributed by atoms with Crippen LogP contribution in [0, 0.1) is 17.3 Å². The van der Waals surface area contributed by atoms with E-state index in [-0.39, 0.29) is 11.2 Å². The van der Waals surface area contributed by atoms with Crippen LogP contribution in [0.15, 0.2) is 30.3 Å². The van der Waals surface area contributed by atoms with Gasteiger partial charge in [-0.3, -0.25) is 4.79 Å². The SMILES string of the molecule is CC(C)(C)C#CCC(=O)CCOc1ccccc1. The second-order valence-corrected chi connectivity index (χ2v) is 5.18. The van der Waals surface area contributed by atoms with Crippen molar-refractivity contribution in [3.8, 4) is 17.6 Å². The topological polar surface area (TPSA) is 26.3 Å². The van der Waals surface area contributed by atoms with Crippen LogP contribution in [-0.4, -0.2) is 12.4 Å². The number of ketones is 1. The Balaban J connectivity index is 2.23. The Morgan fingerprint density at radius 1 is 1.22 bits per heavy atom. The van der Waals surface area contributed by atoms with Crippen LogP contribution in [0.5, 0.6) is 5.75 Å². The molecule has 0 unspecified atom stereocenters. The minimum absolute atomic E-state index is 0.0409. The first-order chi connectivity index (χ1) is 8.47. The molecular weight excluding hydrogens is 224 g/mol. The second kappa shape index (κ2) is 6.86. The minimum Gasteiger partial charge on any atom is -0.493 e. The molecule has 0 saturated heterocycles. The van der Waals surface area contributed by atoms with Gasteiger partial charge in [-0.1, -0.05) is 30.0 Å². The van der Waals surface area contributed by atoms with E-state index in [1.165, 1.54) is 0 Å². The third kappa shape index (κ3) is 6.75. The van der Waals surface area contributed by atoms with Crippen molar-refractivity contribution < 1.29 is 9.53 Å². The van der Waals surface area contributed by atoms with Gasteiger partial charge in [-0.05, 0) is 32.9 Å². The highest BCUT2D eigenvalue weighted by molar-refractivity contribution is 5.80. The lowest BCUT2D eigenvalue weighted by Gasteiger charge is -2.07. The number of carbonyl (C=O) groups is 1. The van der Waals surface area contributed by atoms with Crippen molar-refractivity contribution in [2.24, 2.45) is 5.41 Å². The van der Waals surface area contributed by atoms with Crippen LogP contribution in [0.3, 0.4) is 0 Å². The predicted octanol–water partition coefficient (Wildman–Crippen LogP) is 3.46. The molecule has 0 heterocycles. The molecule has 96 valence electrons. The van der Waals surface area contributed by atoms with Crippen LogP contribution in [0.1, 0.15) is 33.6 Å². The fraction of sp³-hybridized carbons (Fsp3) is 0.438. The molecule has 1 aromatic carbocycles. The highest BCUT2D eigenvalue weighted by Crippen LogP contribution is 2.10. The van der Waals surface area contributed by atoms with Gasteiger partial charge >= 0.3 is 0 Å². The van der Waals surface area contributed by atoms with Crippen molar-refractivity contribution in [1.82, 2.24) is 0 Å². The van der Waals surface area contributed by atoms with Crippen molar-refractivity contribution in [3.63, 3.8) is 0 Å². The van der Waals surface area contributed by atoms with Gasteiger partial charge in [0, 0.05) is 11.8 Å². The molecule has 0 amide bonds. The van der Waals surface area contributed by atoms with Gasteiger partial charge in [-0.15, -0.1) is 0 Å². The summed E-state index contributed by atoms with van der Waals surface area (Å²) in [5.41, 5.74) is -0.0409. The van der Waals surface area contributed by atoms with E-state index in [1.54, 1.807) is 0 Å². The lowest BCUT2D eigenvalue weighted by Crippen LogP contribution is -2.06. The maximum atomic E-state index is 11.5. The number of carbonyl (C=O) groups excluding carboxylic acids is 1. The zero-order valence-corrected chi connectivity index (χ0v) is 11.3. The molecule has 0 aliphatic carbocycles. The third-order valence-corrected chi connectivity index (χ3v) is 2.14. The van der Waals surface area contributed by atoms with E-state index in [2.05, 4.69) is 11.8 Å². The van der Waals surface area contributed by atoms with Crippen LogP contribution in [0.4, 0.5) is 0 Å². The van der Waals surface area contributed by atoms with Gasteiger partial charge in [0.2, 0.25) is 0 Å². The number of hydrogen-bond donors (Lipinski definition) is 0. The second-order valence-electron chi connectivity index (χ2n) is 5.18. The van der Waals surface area contributed by atoms with E-state index in [0.717, 1.165) is 5.75 Å². The Morgan fingerprint density at radius 3 is 2.50 bits per heavy atom. The van der Waals surface area contributed by atoms with Gasteiger partial charge in [-0.2, -0.15) is 0 Å². The summed E-state index contributed by atoms with van der Waals surface area (Å²) in [7, 11) is 0. The Morgan fingerprint density at radius 2 is 1.89 bits per heavy atom. The molecule has 0 aliphatic heterocycles. The smallest absolute Gasteiger partial charge is 0.148 e. The van der Waals surface area contributed by atoms with Gasteiger partial charge < -0.3 is 4.74 Å². The fourth-order valence-electron chi connectivity index (χ4n) is 1.30. The summed E-state index contributed by atoms with van der Waals surface area (Å²) in [6.45, 7) is 6.51. The number of para-hydroxylation sites is 1. The van der Waals surface area contributed by atoms with Gasteiger partial charge in [0.25, 0.3) is 0 Å². The van der Waals surface area contributed by atoms with Crippen molar-refractivity contribution in [2.75, 3.05) is 6.61 Å². The summed E-state index contributed by atoms with van der Waals surface area (Å²) < 4.78 is 5.45. The highest BCUT2D eigenvalue weighted by atomic mass is 16.5. The Bertz CT molecular complexity index is 430. The van der Waals surface area contributed by atoms with Crippen LogP contribution in [0.25, 0.3) is 0 Å². The van der Waals surface area contributed by atoms with E-state index < -0.39 is 0 Å². The highest BCUT2D eigenvalue weighted by Gasteiger charge is 2.04. The summed E-state index contributed by atoms with van der Waals surface area (Å²) in [6, 6.07) is 9.51. The molecule has 2 nitrogen and oxygen atoms in total. The fourth-order valence-corrected chi connectivity index (χ4v) is 1.30. The third-order valence-electron chi connectivity index (χ3n) is 2.14. The van der Waals surface area contributed by atoms with Gasteiger partial charge in [0.15, 0.2) is 0 Å². The summed E-state index contributed by atoms with van der Waals surface area (Å²) in [4.78, 5) is 11.5. The lowest BCUT2D eigenvalue weighted by atomic mass is 9.97. The minimum atomic E-state index is -0.0409. The largest absolute Gasteiger partial charge is 0.493 e. The average molecular weight is 244 g/mol. The molecule has 2 heteroatoms.